The smallest absolute Gasteiger partial charge is 0.138 e. The van der Waals surface area contributed by atoms with Crippen LogP contribution in [0.5, 0.6) is 0 Å². The van der Waals surface area contributed by atoms with E-state index in [0.29, 0.717) is 0 Å². The highest BCUT2D eigenvalue weighted by molar-refractivity contribution is 6.13. The molecule has 0 unspecified atom stereocenters. The van der Waals surface area contributed by atoms with Gasteiger partial charge in [-0.15, -0.1) is 0 Å². The molecule has 170 valence electrons. The Balaban J connectivity index is 1.47. The number of benzene rings is 5. The zero-order valence-corrected chi connectivity index (χ0v) is 19.5. The highest BCUT2D eigenvalue weighted by Crippen LogP contribution is 2.43. The van der Waals surface area contributed by atoms with Gasteiger partial charge >= 0.3 is 0 Å². The standard InChI is InChI=1S/C33H22N2O/c1-2-7-23(8-3-1)25-13-16-27(17-14-25)35(28-18-15-24-9-4-5-10-26(24)21-28)30-11-6-12-32-33(30)29-22-34-20-19-31(29)36-32/h1-22H. The zero-order chi connectivity index (χ0) is 23.9. The van der Waals surface area contributed by atoms with Crippen LogP contribution in [0.2, 0.25) is 0 Å². The molecule has 0 saturated carbocycles. The molecule has 0 aliphatic heterocycles. The Bertz CT molecular complexity index is 1840. The minimum Gasteiger partial charge on any atom is -0.456 e. The normalized spacial score (nSPS) is 11.3. The van der Waals surface area contributed by atoms with Crippen molar-refractivity contribution >= 4 is 49.8 Å². The first kappa shape index (κ1) is 20.5. The number of hydrogen-bond donors (Lipinski definition) is 0. The molecule has 3 heteroatoms. The van der Waals surface area contributed by atoms with Gasteiger partial charge in [-0.1, -0.05) is 78.9 Å². The summed E-state index contributed by atoms with van der Waals surface area (Å²) in [6.07, 6.45) is 3.66. The third kappa shape index (κ3) is 3.41. The number of hydrogen-bond acceptors (Lipinski definition) is 3. The molecular weight excluding hydrogens is 440 g/mol. The van der Waals surface area contributed by atoms with Crippen molar-refractivity contribution < 1.29 is 4.42 Å². The topological polar surface area (TPSA) is 29.3 Å². The molecule has 0 spiro atoms. The summed E-state index contributed by atoms with van der Waals surface area (Å²) in [5.74, 6) is 0. The molecule has 0 aliphatic rings. The molecule has 0 N–H and O–H groups in total. The van der Waals surface area contributed by atoms with E-state index >= 15 is 0 Å². The lowest BCUT2D eigenvalue weighted by molar-refractivity contribution is 0.668. The summed E-state index contributed by atoms with van der Waals surface area (Å²) in [6, 6.07) is 42.5. The van der Waals surface area contributed by atoms with Crippen LogP contribution in [0.3, 0.4) is 0 Å². The van der Waals surface area contributed by atoms with Crippen LogP contribution in [0, 0.1) is 0 Å². The van der Waals surface area contributed by atoms with Crippen molar-refractivity contribution in [3.63, 3.8) is 0 Å². The van der Waals surface area contributed by atoms with Crippen molar-refractivity contribution in [2.75, 3.05) is 4.90 Å². The van der Waals surface area contributed by atoms with Gasteiger partial charge in [0.1, 0.15) is 11.2 Å². The Hall–Kier alpha value is -4.89. The van der Waals surface area contributed by atoms with Gasteiger partial charge in [0.15, 0.2) is 0 Å². The average molecular weight is 463 g/mol. The molecule has 2 aromatic heterocycles. The first-order chi connectivity index (χ1) is 17.8. The Morgan fingerprint density at radius 2 is 1.31 bits per heavy atom. The van der Waals surface area contributed by atoms with Crippen molar-refractivity contribution in [2.24, 2.45) is 0 Å². The molecule has 3 nitrogen and oxygen atoms in total. The second-order valence-corrected chi connectivity index (χ2v) is 8.90. The summed E-state index contributed by atoms with van der Waals surface area (Å²) < 4.78 is 6.20. The molecule has 0 atom stereocenters. The minimum atomic E-state index is 0.838. The molecule has 7 rings (SSSR count). The second-order valence-electron chi connectivity index (χ2n) is 8.90. The van der Waals surface area contributed by atoms with Gasteiger partial charge in [0.2, 0.25) is 0 Å². The Morgan fingerprint density at radius 1 is 0.556 bits per heavy atom. The maximum Gasteiger partial charge on any atom is 0.138 e. The maximum atomic E-state index is 6.20. The zero-order valence-electron chi connectivity index (χ0n) is 19.5. The number of nitrogens with zero attached hydrogens (tertiary/aromatic N) is 2. The summed E-state index contributed by atoms with van der Waals surface area (Å²) in [7, 11) is 0. The molecule has 7 aromatic rings. The molecule has 0 fully saturated rings. The summed E-state index contributed by atoms with van der Waals surface area (Å²) in [4.78, 5) is 6.70. The highest BCUT2D eigenvalue weighted by atomic mass is 16.3. The quantitative estimate of drug-likeness (QED) is 0.261. The third-order valence-electron chi connectivity index (χ3n) is 6.74. The molecule has 0 aliphatic carbocycles. The van der Waals surface area contributed by atoms with Crippen LogP contribution in [-0.2, 0) is 0 Å². The first-order valence-corrected chi connectivity index (χ1v) is 12.0. The van der Waals surface area contributed by atoms with Crippen LogP contribution in [0.15, 0.2) is 138 Å². The van der Waals surface area contributed by atoms with Crippen LogP contribution in [0.25, 0.3) is 43.8 Å². The summed E-state index contributed by atoms with van der Waals surface area (Å²) >= 11 is 0. The molecule has 0 bridgehead atoms. The van der Waals surface area contributed by atoms with Crippen LogP contribution >= 0.6 is 0 Å². The van der Waals surface area contributed by atoms with Gasteiger partial charge in [0, 0.05) is 29.2 Å². The molecule has 36 heavy (non-hydrogen) atoms. The fourth-order valence-electron chi connectivity index (χ4n) is 5.02. The van der Waals surface area contributed by atoms with Crippen molar-refractivity contribution in [3.8, 4) is 11.1 Å². The van der Waals surface area contributed by atoms with Gasteiger partial charge < -0.3 is 9.32 Å². The second kappa shape index (κ2) is 8.40. The lowest BCUT2D eigenvalue weighted by Gasteiger charge is -2.26. The number of pyridine rings is 1. The molecular formula is C33H22N2O. The number of aromatic nitrogens is 1. The fraction of sp³-hybridized carbons (Fsp3) is 0. The SMILES string of the molecule is c1ccc(-c2ccc(N(c3ccc4ccccc4c3)c3cccc4oc5ccncc5c34)cc2)cc1. The number of furan rings is 1. The van der Waals surface area contributed by atoms with Crippen LogP contribution < -0.4 is 4.90 Å². The van der Waals surface area contributed by atoms with E-state index < -0.39 is 0 Å². The van der Waals surface area contributed by atoms with Gasteiger partial charge in [-0.3, -0.25) is 4.98 Å². The minimum absolute atomic E-state index is 0.838. The van der Waals surface area contributed by atoms with Crippen LogP contribution in [-0.4, -0.2) is 4.98 Å². The fourth-order valence-corrected chi connectivity index (χ4v) is 5.02. The van der Waals surface area contributed by atoms with E-state index in [9.17, 15) is 0 Å². The molecule has 5 aromatic carbocycles. The molecule has 2 heterocycles. The largest absolute Gasteiger partial charge is 0.456 e. The van der Waals surface area contributed by atoms with Crippen LogP contribution in [0.4, 0.5) is 17.1 Å². The van der Waals surface area contributed by atoms with Gasteiger partial charge in [0.25, 0.3) is 0 Å². The van der Waals surface area contributed by atoms with Crippen molar-refractivity contribution in [1.29, 1.82) is 0 Å². The van der Waals surface area contributed by atoms with E-state index in [0.717, 1.165) is 39.0 Å². The lowest BCUT2D eigenvalue weighted by atomic mass is 10.0. The van der Waals surface area contributed by atoms with Gasteiger partial charge in [-0.25, -0.2) is 0 Å². The average Bonchev–Trinajstić information content (AvgIpc) is 3.33. The number of anilines is 3. The predicted molar refractivity (Wildman–Crippen MR) is 149 cm³/mol. The molecule has 0 radical (unpaired) electrons. The monoisotopic (exact) mass is 462 g/mol. The van der Waals surface area contributed by atoms with E-state index in [-0.39, 0.29) is 0 Å². The van der Waals surface area contributed by atoms with Crippen molar-refractivity contribution in [3.05, 3.63) is 134 Å². The maximum absolute atomic E-state index is 6.20. The first-order valence-electron chi connectivity index (χ1n) is 12.0. The van der Waals surface area contributed by atoms with Gasteiger partial charge in [-0.2, -0.15) is 0 Å². The number of fused-ring (bicyclic) bond motifs is 4. The molecule has 0 amide bonds. The number of rotatable bonds is 4. The third-order valence-corrected chi connectivity index (χ3v) is 6.74. The van der Waals surface area contributed by atoms with E-state index in [1.807, 2.05) is 24.4 Å². The van der Waals surface area contributed by atoms with E-state index in [1.165, 1.54) is 21.9 Å². The molecule has 0 saturated heterocycles. The van der Waals surface area contributed by atoms with Crippen LogP contribution in [0.1, 0.15) is 0 Å². The lowest BCUT2D eigenvalue weighted by Crippen LogP contribution is -2.10. The summed E-state index contributed by atoms with van der Waals surface area (Å²) in [5, 5.41) is 4.49. The van der Waals surface area contributed by atoms with Crippen molar-refractivity contribution in [1.82, 2.24) is 4.98 Å². The Morgan fingerprint density at radius 3 is 2.17 bits per heavy atom. The van der Waals surface area contributed by atoms with Crippen molar-refractivity contribution in [2.45, 2.75) is 0 Å². The van der Waals surface area contributed by atoms with E-state index in [1.54, 1.807) is 6.20 Å². The Kier molecular flexibility index (Phi) is 4.78. The van der Waals surface area contributed by atoms with Gasteiger partial charge in [-0.05, 0) is 64.4 Å². The summed E-state index contributed by atoms with van der Waals surface area (Å²) in [6.45, 7) is 0. The van der Waals surface area contributed by atoms with E-state index in [2.05, 4.69) is 113 Å². The van der Waals surface area contributed by atoms with Gasteiger partial charge in [0.05, 0.1) is 11.1 Å². The highest BCUT2D eigenvalue weighted by Gasteiger charge is 2.19. The van der Waals surface area contributed by atoms with E-state index in [4.69, 9.17) is 4.42 Å². The predicted octanol–water partition coefficient (Wildman–Crippen LogP) is 9.27. The summed E-state index contributed by atoms with van der Waals surface area (Å²) in [5.41, 5.74) is 7.31. The Labute approximate surface area is 208 Å².